The van der Waals surface area contributed by atoms with Crippen molar-refractivity contribution in [3.05, 3.63) is 88.3 Å². The lowest BCUT2D eigenvalue weighted by Crippen LogP contribution is -2.43. The van der Waals surface area contributed by atoms with E-state index in [0.717, 1.165) is 52.6 Å². The first-order valence-corrected chi connectivity index (χ1v) is 13.1. The Morgan fingerprint density at radius 1 is 1.20 bits per heavy atom. The SMILES string of the molecule is C=C(CN(CC(F)Cc1ccccc1)C(=O)C1(c2ccc(OC)cc2)CC1)S/C(=C/CC)NCC. The van der Waals surface area contributed by atoms with Gasteiger partial charge in [0.05, 0.1) is 30.6 Å². The zero-order valence-corrected chi connectivity index (χ0v) is 21.9. The summed E-state index contributed by atoms with van der Waals surface area (Å²) in [6, 6.07) is 17.3. The second kappa shape index (κ2) is 12.8. The van der Waals surface area contributed by atoms with Gasteiger partial charge in [0.2, 0.25) is 5.91 Å². The van der Waals surface area contributed by atoms with Gasteiger partial charge in [0, 0.05) is 17.9 Å². The van der Waals surface area contributed by atoms with Crippen LogP contribution in [-0.4, -0.2) is 43.7 Å². The lowest BCUT2D eigenvalue weighted by molar-refractivity contribution is -0.134. The Bertz CT molecular complexity index is 1000. The molecule has 1 saturated carbocycles. The average molecular weight is 497 g/mol. The van der Waals surface area contributed by atoms with E-state index in [-0.39, 0.29) is 18.9 Å². The number of hydrogen-bond donors (Lipinski definition) is 1. The minimum absolute atomic E-state index is 0.0235. The Labute approximate surface area is 213 Å². The quantitative estimate of drug-likeness (QED) is 0.336. The van der Waals surface area contributed by atoms with E-state index in [4.69, 9.17) is 4.74 Å². The summed E-state index contributed by atoms with van der Waals surface area (Å²) in [6.45, 7) is 9.50. The molecule has 1 atom stereocenters. The Hall–Kier alpha value is -2.73. The standard InChI is InChI=1S/C29H37FN2O2S/c1-5-10-27(31-6-2)35-22(3)20-32(21-25(30)19-23-11-8-7-9-12-23)28(33)29(17-18-29)24-13-15-26(34-4)16-14-24/h7-16,25,31H,3,5-6,17-21H2,1-2,4H3/b27-10+. The summed E-state index contributed by atoms with van der Waals surface area (Å²) in [4.78, 5) is 16.4. The fourth-order valence-electron chi connectivity index (χ4n) is 4.27. The van der Waals surface area contributed by atoms with Crippen molar-refractivity contribution in [2.75, 3.05) is 26.7 Å². The van der Waals surface area contributed by atoms with Crippen LogP contribution in [0.2, 0.25) is 0 Å². The monoisotopic (exact) mass is 496 g/mol. The van der Waals surface area contributed by atoms with E-state index in [1.54, 1.807) is 12.0 Å². The molecule has 1 unspecified atom stereocenters. The number of nitrogens with zero attached hydrogens (tertiary/aromatic N) is 1. The van der Waals surface area contributed by atoms with Crippen molar-refractivity contribution in [1.29, 1.82) is 0 Å². The van der Waals surface area contributed by atoms with Crippen molar-refractivity contribution in [2.24, 2.45) is 0 Å². The van der Waals surface area contributed by atoms with E-state index in [9.17, 15) is 4.79 Å². The molecule has 3 rings (SSSR count). The van der Waals surface area contributed by atoms with Crippen LogP contribution in [0, 0.1) is 0 Å². The first-order chi connectivity index (χ1) is 16.9. The first kappa shape index (κ1) is 26.9. The van der Waals surface area contributed by atoms with Gasteiger partial charge in [-0.25, -0.2) is 4.39 Å². The molecule has 2 aromatic carbocycles. The lowest BCUT2D eigenvalue weighted by atomic mass is 9.94. The molecule has 0 bridgehead atoms. The van der Waals surface area contributed by atoms with E-state index in [1.165, 1.54) is 11.8 Å². The molecule has 1 N–H and O–H groups in total. The Morgan fingerprint density at radius 2 is 1.89 bits per heavy atom. The highest BCUT2D eigenvalue weighted by Gasteiger charge is 2.53. The Morgan fingerprint density at radius 3 is 2.46 bits per heavy atom. The van der Waals surface area contributed by atoms with Crippen LogP contribution in [0.1, 0.15) is 44.2 Å². The maximum Gasteiger partial charge on any atom is 0.233 e. The van der Waals surface area contributed by atoms with Gasteiger partial charge in [-0.1, -0.05) is 73.8 Å². The molecule has 0 radical (unpaired) electrons. The molecule has 2 aromatic rings. The first-order valence-electron chi connectivity index (χ1n) is 12.3. The predicted octanol–water partition coefficient (Wildman–Crippen LogP) is 6.24. The van der Waals surface area contributed by atoms with Gasteiger partial charge < -0.3 is 15.0 Å². The molecule has 0 heterocycles. The summed E-state index contributed by atoms with van der Waals surface area (Å²) in [5, 5.41) is 4.36. The number of methoxy groups -OCH3 is 1. The van der Waals surface area contributed by atoms with Gasteiger partial charge in [0.15, 0.2) is 0 Å². The summed E-state index contributed by atoms with van der Waals surface area (Å²) >= 11 is 1.53. The number of halogens is 1. The molecule has 4 nitrogen and oxygen atoms in total. The van der Waals surface area contributed by atoms with Crippen molar-refractivity contribution in [3.8, 4) is 5.75 Å². The number of carbonyl (C=O) groups is 1. The third kappa shape index (κ3) is 7.38. The number of allylic oxidation sites excluding steroid dienone is 1. The summed E-state index contributed by atoms with van der Waals surface area (Å²) in [7, 11) is 1.63. The molecule has 1 amide bonds. The van der Waals surface area contributed by atoms with Crippen LogP contribution in [0.5, 0.6) is 5.75 Å². The number of rotatable bonds is 14. The van der Waals surface area contributed by atoms with E-state index < -0.39 is 11.6 Å². The van der Waals surface area contributed by atoms with Crippen LogP contribution in [0.15, 0.2) is 77.2 Å². The van der Waals surface area contributed by atoms with E-state index in [0.29, 0.717) is 6.54 Å². The molecule has 0 aromatic heterocycles. The largest absolute Gasteiger partial charge is 0.497 e. The summed E-state index contributed by atoms with van der Waals surface area (Å²) in [6.07, 6.45) is 3.65. The molecular weight excluding hydrogens is 459 g/mol. The highest BCUT2D eigenvalue weighted by atomic mass is 32.2. The number of amides is 1. The van der Waals surface area contributed by atoms with Gasteiger partial charge in [-0.05, 0) is 49.4 Å². The zero-order chi connectivity index (χ0) is 25.3. The van der Waals surface area contributed by atoms with E-state index in [2.05, 4.69) is 24.9 Å². The maximum absolute atomic E-state index is 15.3. The minimum Gasteiger partial charge on any atom is -0.497 e. The maximum atomic E-state index is 15.3. The highest BCUT2D eigenvalue weighted by molar-refractivity contribution is 8.06. The van der Waals surface area contributed by atoms with Gasteiger partial charge in [0.25, 0.3) is 0 Å². The van der Waals surface area contributed by atoms with Crippen LogP contribution in [0.4, 0.5) is 4.39 Å². The molecule has 6 heteroatoms. The fraction of sp³-hybridized carbons (Fsp3) is 0.414. The number of thioether (sulfide) groups is 1. The highest BCUT2D eigenvalue weighted by Crippen LogP contribution is 2.50. The van der Waals surface area contributed by atoms with Crippen molar-refractivity contribution < 1.29 is 13.9 Å². The van der Waals surface area contributed by atoms with Crippen LogP contribution in [0.3, 0.4) is 0 Å². The number of benzene rings is 2. The van der Waals surface area contributed by atoms with E-state index in [1.807, 2.05) is 61.5 Å². The molecule has 1 fully saturated rings. The summed E-state index contributed by atoms with van der Waals surface area (Å²) in [5.74, 6) is 0.730. The van der Waals surface area contributed by atoms with Gasteiger partial charge in [-0.15, -0.1) is 0 Å². The minimum atomic E-state index is -1.16. The molecule has 1 aliphatic rings. The molecule has 0 spiro atoms. The molecule has 188 valence electrons. The number of carbonyl (C=O) groups excluding carboxylic acids is 1. The summed E-state index contributed by atoms with van der Waals surface area (Å²) < 4.78 is 20.6. The molecule has 35 heavy (non-hydrogen) atoms. The van der Waals surface area contributed by atoms with Crippen LogP contribution >= 0.6 is 11.8 Å². The molecule has 1 aliphatic carbocycles. The van der Waals surface area contributed by atoms with Crippen molar-refractivity contribution >= 4 is 17.7 Å². The summed E-state index contributed by atoms with van der Waals surface area (Å²) in [5.41, 5.74) is 1.30. The Balaban J connectivity index is 1.78. The number of nitrogens with one attached hydrogen (secondary N) is 1. The fourth-order valence-corrected chi connectivity index (χ4v) is 5.26. The zero-order valence-electron chi connectivity index (χ0n) is 21.1. The van der Waals surface area contributed by atoms with Gasteiger partial charge >= 0.3 is 0 Å². The second-order valence-corrected chi connectivity index (χ2v) is 10.2. The van der Waals surface area contributed by atoms with Gasteiger partial charge in [-0.2, -0.15) is 0 Å². The van der Waals surface area contributed by atoms with Crippen LogP contribution in [0.25, 0.3) is 0 Å². The number of alkyl halides is 1. The molecular formula is C29H37FN2O2S. The topological polar surface area (TPSA) is 41.6 Å². The predicted molar refractivity (Wildman–Crippen MR) is 144 cm³/mol. The Kier molecular flexibility index (Phi) is 9.84. The average Bonchev–Trinajstić information content (AvgIpc) is 3.66. The van der Waals surface area contributed by atoms with Crippen molar-refractivity contribution in [2.45, 2.75) is 51.1 Å². The van der Waals surface area contributed by atoms with Crippen LogP contribution < -0.4 is 10.1 Å². The lowest BCUT2D eigenvalue weighted by Gasteiger charge is -2.30. The third-order valence-electron chi connectivity index (χ3n) is 6.17. The normalized spacial score (nSPS) is 15.3. The molecule has 0 saturated heterocycles. The number of ether oxygens (including phenoxy) is 1. The van der Waals surface area contributed by atoms with Gasteiger partial charge in [-0.3, -0.25) is 4.79 Å². The second-order valence-electron chi connectivity index (χ2n) is 8.93. The van der Waals surface area contributed by atoms with E-state index >= 15 is 4.39 Å². The van der Waals surface area contributed by atoms with Crippen molar-refractivity contribution in [3.63, 3.8) is 0 Å². The van der Waals surface area contributed by atoms with Gasteiger partial charge in [0.1, 0.15) is 11.9 Å². The van der Waals surface area contributed by atoms with Crippen molar-refractivity contribution in [1.82, 2.24) is 10.2 Å². The molecule has 0 aliphatic heterocycles. The third-order valence-corrected chi connectivity index (χ3v) is 7.12. The number of hydrogen-bond acceptors (Lipinski definition) is 4. The van der Waals surface area contributed by atoms with Crippen LogP contribution in [-0.2, 0) is 16.6 Å². The smallest absolute Gasteiger partial charge is 0.233 e.